The van der Waals surface area contributed by atoms with E-state index in [9.17, 15) is 13.6 Å². The smallest absolute Gasteiger partial charge is 0.283 e. The average molecular weight is 321 g/mol. The van der Waals surface area contributed by atoms with Crippen molar-refractivity contribution in [2.45, 2.75) is 26.3 Å². The monoisotopic (exact) mass is 320 g/mol. The summed E-state index contributed by atoms with van der Waals surface area (Å²) in [5, 5.41) is 8.33. The third-order valence-corrected chi connectivity index (χ3v) is 3.87. The van der Waals surface area contributed by atoms with Crippen molar-refractivity contribution in [1.82, 2.24) is 14.8 Å². The topological polar surface area (TPSA) is 59.8 Å². The maximum absolute atomic E-state index is 12.7. The Morgan fingerprint density at radius 1 is 1.55 bits per heavy atom. The average Bonchev–Trinajstić information content (AvgIpc) is 2.99. The summed E-state index contributed by atoms with van der Waals surface area (Å²) in [5.74, 6) is -0.400. The number of nitrogens with zero attached hydrogens (tertiary/aromatic N) is 3. The zero-order chi connectivity index (χ0) is 14.9. The Balaban J connectivity index is 2.22. The first-order chi connectivity index (χ1) is 9.41. The molecule has 2 heterocycles. The van der Waals surface area contributed by atoms with Crippen LogP contribution in [0.15, 0.2) is 11.6 Å². The number of anilines is 1. The minimum Gasteiger partial charge on any atom is -0.300 e. The van der Waals surface area contributed by atoms with Gasteiger partial charge in [0.1, 0.15) is 11.7 Å². The molecule has 0 spiro atoms. The molecular formula is C11H11ClF2N4OS. The lowest BCUT2D eigenvalue weighted by atomic mass is 10.3. The number of alkyl halides is 2. The summed E-state index contributed by atoms with van der Waals surface area (Å²) in [5.41, 5.74) is -0.193. The van der Waals surface area contributed by atoms with Crippen LogP contribution in [-0.4, -0.2) is 20.7 Å². The molecule has 1 atom stereocenters. The molecule has 0 aliphatic carbocycles. The lowest BCUT2D eigenvalue weighted by molar-refractivity contribution is -0.119. The van der Waals surface area contributed by atoms with E-state index in [1.54, 1.807) is 18.5 Å². The zero-order valence-electron chi connectivity index (χ0n) is 10.6. The van der Waals surface area contributed by atoms with Crippen LogP contribution in [0.4, 0.5) is 13.9 Å². The molecule has 0 saturated heterocycles. The van der Waals surface area contributed by atoms with Crippen LogP contribution in [0.1, 0.15) is 30.8 Å². The van der Waals surface area contributed by atoms with Gasteiger partial charge in [0.2, 0.25) is 0 Å². The van der Waals surface area contributed by atoms with Gasteiger partial charge in [-0.3, -0.25) is 9.48 Å². The zero-order valence-corrected chi connectivity index (χ0v) is 12.2. The highest BCUT2D eigenvalue weighted by Crippen LogP contribution is 2.30. The van der Waals surface area contributed by atoms with Gasteiger partial charge in [-0.2, -0.15) is 5.10 Å². The molecule has 9 heteroatoms. The number of carbonyl (C=O) groups is 1. The Morgan fingerprint density at radius 2 is 2.25 bits per heavy atom. The van der Waals surface area contributed by atoms with E-state index in [0.717, 1.165) is 0 Å². The number of thiazole rings is 1. The summed E-state index contributed by atoms with van der Waals surface area (Å²) in [6, 6.07) is -0.774. The number of rotatable bonds is 4. The van der Waals surface area contributed by atoms with Gasteiger partial charge >= 0.3 is 0 Å². The Hall–Kier alpha value is -1.54. The SMILES string of the molecule is Cc1c(Cl)c(C(F)F)nn1[C@@H](C)C(=O)Nc1nccs1. The van der Waals surface area contributed by atoms with Crippen LogP contribution in [0.3, 0.4) is 0 Å². The van der Waals surface area contributed by atoms with E-state index >= 15 is 0 Å². The summed E-state index contributed by atoms with van der Waals surface area (Å²) >= 11 is 7.06. The van der Waals surface area contributed by atoms with Gasteiger partial charge in [0.15, 0.2) is 5.13 Å². The molecule has 1 N–H and O–H groups in total. The predicted octanol–water partition coefficient (Wildman–Crippen LogP) is 3.44. The van der Waals surface area contributed by atoms with Gasteiger partial charge in [0.25, 0.3) is 12.3 Å². The van der Waals surface area contributed by atoms with Crippen LogP contribution < -0.4 is 5.32 Å². The maximum Gasteiger partial charge on any atom is 0.283 e. The standard InChI is InChI=1S/C11H11ClF2N4OS/c1-5-7(12)8(9(13)14)17-18(5)6(2)10(19)16-11-15-3-4-20-11/h3-4,6,9H,1-2H3,(H,15,16,19)/t6-/m0/s1. The quantitative estimate of drug-likeness (QED) is 0.938. The number of nitrogens with one attached hydrogen (secondary N) is 1. The molecule has 0 aliphatic heterocycles. The second kappa shape index (κ2) is 5.84. The minimum atomic E-state index is -2.78. The number of hydrogen-bond donors (Lipinski definition) is 1. The Labute approximate surface area is 122 Å². The molecule has 0 fully saturated rings. The van der Waals surface area contributed by atoms with Crippen molar-refractivity contribution in [2.75, 3.05) is 5.32 Å². The van der Waals surface area contributed by atoms with Gasteiger partial charge in [0, 0.05) is 11.6 Å². The van der Waals surface area contributed by atoms with Crippen molar-refractivity contribution in [3.8, 4) is 0 Å². The van der Waals surface area contributed by atoms with Crippen LogP contribution in [0.2, 0.25) is 5.02 Å². The van der Waals surface area contributed by atoms with E-state index in [1.807, 2.05) is 0 Å². The molecule has 0 aromatic carbocycles. The van der Waals surface area contributed by atoms with E-state index in [-0.39, 0.29) is 5.02 Å². The molecule has 2 aromatic rings. The van der Waals surface area contributed by atoms with Crippen LogP contribution in [0.5, 0.6) is 0 Å². The van der Waals surface area contributed by atoms with Crippen molar-refractivity contribution in [2.24, 2.45) is 0 Å². The highest BCUT2D eigenvalue weighted by Gasteiger charge is 2.25. The van der Waals surface area contributed by atoms with Crippen LogP contribution in [-0.2, 0) is 4.79 Å². The first-order valence-electron chi connectivity index (χ1n) is 5.64. The Bertz CT molecular complexity index is 614. The Kier molecular flexibility index (Phi) is 4.34. The fourth-order valence-electron chi connectivity index (χ4n) is 1.64. The van der Waals surface area contributed by atoms with Crippen molar-refractivity contribution >= 4 is 34.0 Å². The second-order valence-corrected chi connectivity index (χ2v) is 5.30. The molecule has 1 amide bonds. The third-order valence-electron chi connectivity index (χ3n) is 2.72. The first-order valence-corrected chi connectivity index (χ1v) is 6.90. The molecule has 2 rings (SSSR count). The van der Waals surface area contributed by atoms with Gasteiger partial charge in [-0.15, -0.1) is 11.3 Å². The van der Waals surface area contributed by atoms with E-state index in [4.69, 9.17) is 11.6 Å². The van der Waals surface area contributed by atoms with E-state index in [1.165, 1.54) is 22.9 Å². The number of halogens is 3. The highest BCUT2D eigenvalue weighted by atomic mass is 35.5. The predicted molar refractivity (Wildman–Crippen MR) is 72.4 cm³/mol. The molecule has 2 aromatic heterocycles. The normalized spacial score (nSPS) is 12.7. The first kappa shape index (κ1) is 14.9. The highest BCUT2D eigenvalue weighted by molar-refractivity contribution is 7.13. The molecule has 0 unspecified atom stereocenters. The minimum absolute atomic E-state index is 0.117. The largest absolute Gasteiger partial charge is 0.300 e. The summed E-state index contributed by atoms with van der Waals surface area (Å²) in [6.07, 6.45) is -1.23. The van der Waals surface area contributed by atoms with Gasteiger partial charge in [-0.05, 0) is 13.8 Å². The summed E-state index contributed by atoms with van der Waals surface area (Å²) in [6.45, 7) is 3.09. The van der Waals surface area contributed by atoms with Crippen LogP contribution in [0, 0.1) is 6.92 Å². The molecule has 108 valence electrons. The number of aromatic nitrogens is 3. The number of hydrogen-bond acceptors (Lipinski definition) is 4. The maximum atomic E-state index is 12.7. The Morgan fingerprint density at radius 3 is 2.75 bits per heavy atom. The lowest BCUT2D eigenvalue weighted by Crippen LogP contribution is -2.25. The summed E-state index contributed by atoms with van der Waals surface area (Å²) in [4.78, 5) is 15.9. The molecular weight excluding hydrogens is 310 g/mol. The van der Waals surface area contributed by atoms with Gasteiger partial charge in [0.05, 0.1) is 10.7 Å². The van der Waals surface area contributed by atoms with Crippen molar-refractivity contribution < 1.29 is 13.6 Å². The number of carbonyl (C=O) groups excluding carboxylic acids is 1. The fourth-order valence-corrected chi connectivity index (χ4v) is 2.38. The second-order valence-electron chi connectivity index (χ2n) is 4.03. The summed E-state index contributed by atoms with van der Waals surface area (Å²) in [7, 11) is 0. The van der Waals surface area contributed by atoms with E-state index in [2.05, 4.69) is 15.4 Å². The van der Waals surface area contributed by atoms with Crippen LogP contribution >= 0.6 is 22.9 Å². The lowest BCUT2D eigenvalue weighted by Gasteiger charge is -2.13. The molecule has 0 bridgehead atoms. The summed E-state index contributed by atoms with van der Waals surface area (Å²) < 4.78 is 26.6. The number of amides is 1. The van der Waals surface area contributed by atoms with Gasteiger partial charge in [-0.1, -0.05) is 11.6 Å². The molecule has 0 saturated carbocycles. The third kappa shape index (κ3) is 2.80. The van der Waals surface area contributed by atoms with Crippen molar-refractivity contribution in [3.63, 3.8) is 0 Å². The van der Waals surface area contributed by atoms with E-state index < -0.39 is 24.1 Å². The molecule has 0 aliphatic rings. The van der Waals surface area contributed by atoms with E-state index in [0.29, 0.717) is 10.8 Å². The van der Waals surface area contributed by atoms with Crippen molar-refractivity contribution in [1.29, 1.82) is 0 Å². The van der Waals surface area contributed by atoms with Crippen LogP contribution in [0.25, 0.3) is 0 Å². The molecule has 5 nitrogen and oxygen atoms in total. The van der Waals surface area contributed by atoms with Gasteiger partial charge in [-0.25, -0.2) is 13.8 Å². The molecule has 20 heavy (non-hydrogen) atoms. The van der Waals surface area contributed by atoms with Gasteiger partial charge < -0.3 is 5.32 Å². The fraction of sp³-hybridized carbons (Fsp3) is 0.364. The van der Waals surface area contributed by atoms with Crippen molar-refractivity contribution in [3.05, 3.63) is 28.0 Å². The molecule has 0 radical (unpaired) electrons.